The summed E-state index contributed by atoms with van der Waals surface area (Å²) in [5, 5.41) is 3.69. The standard InChI is InChI=1S/C23H23ClN4O/c1-15-18(14-27(2)3)19(16-10-6-4-7-11-16)20-21(24)26-23(29)28(22(20)25-15)17-12-8-5-9-13-17/h4-13,19,25H,14H2,1-3H3. The van der Waals surface area contributed by atoms with Crippen LogP contribution in [0.1, 0.15) is 24.0 Å². The Hall–Kier alpha value is -2.89. The molecule has 29 heavy (non-hydrogen) atoms. The predicted molar refractivity (Wildman–Crippen MR) is 118 cm³/mol. The first-order chi connectivity index (χ1) is 14.0. The molecule has 0 saturated carbocycles. The lowest BCUT2D eigenvalue weighted by Gasteiger charge is -2.34. The molecule has 1 atom stereocenters. The molecule has 0 amide bonds. The number of hydrogen-bond acceptors (Lipinski definition) is 4. The highest BCUT2D eigenvalue weighted by Crippen LogP contribution is 2.44. The highest BCUT2D eigenvalue weighted by atomic mass is 35.5. The third kappa shape index (κ3) is 3.59. The first-order valence-corrected chi connectivity index (χ1v) is 9.89. The summed E-state index contributed by atoms with van der Waals surface area (Å²) in [6.07, 6.45) is 0. The molecule has 2 aromatic carbocycles. The molecule has 6 heteroatoms. The molecular formula is C23H23ClN4O. The maximum Gasteiger partial charge on any atom is 0.355 e. The van der Waals surface area contributed by atoms with E-state index in [2.05, 4.69) is 27.3 Å². The van der Waals surface area contributed by atoms with Crippen LogP contribution in [0.4, 0.5) is 5.82 Å². The van der Waals surface area contributed by atoms with Crippen molar-refractivity contribution in [2.24, 2.45) is 0 Å². The summed E-state index contributed by atoms with van der Waals surface area (Å²) >= 11 is 6.60. The number of nitrogens with one attached hydrogen (secondary N) is 1. The molecule has 1 aromatic heterocycles. The van der Waals surface area contributed by atoms with Crippen molar-refractivity contribution in [1.29, 1.82) is 0 Å². The highest BCUT2D eigenvalue weighted by Gasteiger charge is 2.33. The van der Waals surface area contributed by atoms with Crippen molar-refractivity contribution < 1.29 is 0 Å². The molecule has 5 nitrogen and oxygen atoms in total. The number of allylic oxidation sites excluding steroid dienone is 1. The van der Waals surface area contributed by atoms with Crippen LogP contribution >= 0.6 is 11.6 Å². The molecule has 0 saturated heterocycles. The van der Waals surface area contributed by atoms with E-state index < -0.39 is 5.69 Å². The summed E-state index contributed by atoms with van der Waals surface area (Å²) in [7, 11) is 4.09. The van der Waals surface area contributed by atoms with Gasteiger partial charge in [0.15, 0.2) is 0 Å². The minimum absolute atomic E-state index is 0.0922. The average molecular weight is 407 g/mol. The molecular weight excluding hydrogens is 384 g/mol. The minimum atomic E-state index is -0.400. The second kappa shape index (κ2) is 7.85. The van der Waals surface area contributed by atoms with E-state index in [1.807, 2.05) is 69.6 Å². The summed E-state index contributed by atoms with van der Waals surface area (Å²) in [5.74, 6) is 0.584. The number of anilines is 1. The van der Waals surface area contributed by atoms with E-state index in [1.54, 1.807) is 4.57 Å². The van der Waals surface area contributed by atoms with E-state index in [1.165, 1.54) is 5.57 Å². The molecule has 2 heterocycles. The Kier molecular flexibility index (Phi) is 5.26. The number of hydrogen-bond donors (Lipinski definition) is 1. The molecule has 0 aliphatic carbocycles. The van der Waals surface area contributed by atoms with E-state index in [9.17, 15) is 4.79 Å². The third-order valence-corrected chi connectivity index (χ3v) is 5.43. The van der Waals surface area contributed by atoms with E-state index in [0.29, 0.717) is 5.82 Å². The van der Waals surface area contributed by atoms with Crippen LogP contribution in [-0.4, -0.2) is 35.1 Å². The number of likely N-dealkylation sites (N-methyl/N-ethyl adjacent to an activating group) is 1. The quantitative estimate of drug-likeness (QED) is 0.657. The molecule has 1 unspecified atom stereocenters. The van der Waals surface area contributed by atoms with Crippen LogP contribution in [0.5, 0.6) is 0 Å². The average Bonchev–Trinajstić information content (AvgIpc) is 2.70. The lowest BCUT2D eigenvalue weighted by atomic mass is 9.82. The molecule has 1 aliphatic heterocycles. The van der Waals surface area contributed by atoms with Gasteiger partial charge in [0.25, 0.3) is 0 Å². The first-order valence-electron chi connectivity index (χ1n) is 9.51. The van der Waals surface area contributed by atoms with Gasteiger partial charge in [-0.15, -0.1) is 0 Å². The number of benzene rings is 2. The Bertz CT molecular complexity index is 1120. The van der Waals surface area contributed by atoms with Crippen molar-refractivity contribution in [2.45, 2.75) is 12.8 Å². The first kappa shape index (κ1) is 19.4. The van der Waals surface area contributed by atoms with Crippen molar-refractivity contribution in [3.63, 3.8) is 0 Å². The Morgan fingerprint density at radius 1 is 1.07 bits per heavy atom. The van der Waals surface area contributed by atoms with E-state index >= 15 is 0 Å². The topological polar surface area (TPSA) is 50.2 Å². The van der Waals surface area contributed by atoms with Crippen LogP contribution in [0, 0.1) is 0 Å². The fourth-order valence-electron chi connectivity index (χ4n) is 3.92. The SMILES string of the molecule is CC1=C(CN(C)C)C(c2ccccc2)c2c(Cl)nc(=O)n(-c3ccccc3)c2N1. The third-order valence-electron chi connectivity index (χ3n) is 5.14. The number of aromatic nitrogens is 2. The van der Waals surface area contributed by atoms with Crippen molar-refractivity contribution in [2.75, 3.05) is 26.0 Å². The van der Waals surface area contributed by atoms with E-state index in [0.717, 1.165) is 29.1 Å². The van der Waals surface area contributed by atoms with Gasteiger partial charge in [0.05, 0.1) is 5.69 Å². The molecule has 1 N–H and O–H groups in total. The Morgan fingerprint density at radius 3 is 2.31 bits per heavy atom. The molecule has 0 bridgehead atoms. The van der Waals surface area contributed by atoms with Crippen molar-refractivity contribution in [1.82, 2.24) is 14.5 Å². The Labute approximate surface area is 175 Å². The molecule has 148 valence electrons. The number of rotatable bonds is 4. The van der Waals surface area contributed by atoms with Gasteiger partial charge in [-0.3, -0.25) is 0 Å². The second-order valence-corrected chi connectivity index (χ2v) is 7.83. The summed E-state index contributed by atoms with van der Waals surface area (Å²) in [4.78, 5) is 19.1. The molecule has 0 spiro atoms. The van der Waals surface area contributed by atoms with Crippen LogP contribution in [0.25, 0.3) is 5.69 Å². The number of halogens is 1. The van der Waals surface area contributed by atoms with Crippen molar-refractivity contribution in [3.05, 3.63) is 98.7 Å². The zero-order chi connectivity index (χ0) is 20.5. The van der Waals surface area contributed by atoms with Gasteiger partial charge in [-0.2, -0.15) is 4.98 Å². The zero-order valence-corrected chi connectivity index (χ0v) is 17.4. The zero-order valence-electron chi connectivity index (χ0n) is 16.7. The fraction of sp³-hybridized carbons (Fsp3) is 0.217. The van der Waals surface area contributed by atoms with Crippen LogP contribution in [-0.2, 0) is 0 Å². The van der Waals surface area contributed by atoms with Crippen LogP contribution < -0.4 is 11.0 Å². The van der Waals surface area contributed by atoms with Gasteiger partial charge < -0.3 is 10.2 Å². The summed E-state index contributed by atoms with van der Waals surface area (Å²) in [6.45, 7) is 2.81. The highest BCUT2D eigenvalue weighted by molar-refractivity contribution is 6.30. The fourth-order valence-corrected chi connectivity index (χ4v) is 4.19. The van der Waals surface area contributed by atoms with Gasteiger partial charge in [-0.05, 0) is 44.3 Å². The van der Waals surface area contributed by atoms with Crippen molar-refractivity contribution in [3.8, 4) is 5.69 Å². The molecule has 0 radical (unpaired) electrons. The van der Waals surface area contributed by atoms with Gasteiger partial charge in [-0.1, -0.05) is 60.1 Å². The normalized spacial score (nSPS) is 16.0. The molecule has 1 aliphatic rings. The van der Waals surface area contributed by atoms with Gasteiger partial charge in [0, 0.05) is 23.7 Å². The lowest BCUT2D eigenvalue weighted by Crippen LogP contribution is -2.32. The lowest BCUT2D eigenvalue weighted by molar-refractivity contribution is 0.434. The Morgan fingerprint density at radius 2 is 1.69 bits per heavy atom. The molecule has 4 rings (SSSR count). The predicted octanol–water partition coefficient (Wildman–Crippen LogP) is 4.28. The maximum absolute atomic E-state index is 12.8. The smallest absolute Gasteiger partial charge is 0.345 e. The van der Waals surface area contributed by atoms with Crippen LogP contribution in [0.2, 0.25) is 5.15 Å². The minimum Gasteiger partial charge on any atom is -0.345 e. The van der Waals surface area contributed by atoms with Crippen LogP contribution in [0.3, 0.4) is 0 Å². The van der Waals surface area contributed by atoms with Gasteiger partial charge in [-0.25, -0.2) is 9.36 Å². The molecule has 0 fully saturated rings. The molecule has 3 aromatic rings. The van der Waals surface area contributed by atoms with Gasteiger partial charge in [0.2, 0.25) is 0 Å². The second-order valence-electron chi connectivity index (χ2n) is 7.48. The number of fused-ring (bicyclic) bond motifs is 1. The van der Waals surface area contributed by atoms with Gasteiger partial charge in [0.1, 0.15) is 11.0 Å². The summed E-state index contributed by atoms with van der Waals surface area (Å²) < 4.78 is 1.60. The summed E-state index contributed by atoms with van der Waals surface area (Å²) in [6, 6.07) is 19.7. The number of nitrogens with zero attached hydrogens (tertiary/aromatic N) is 3. The number of para-hydroxylation sites is 1. The maximum atomic E-state index is 12.8. The largest absolute Gasteiger partial charge is 0.355 e. The monoisotopic (exact) mass is 406 g/mol. The van der Waals surface area contributed by atoms with Crippen LogP contribution in [0.15, 0.2) is 76.7 Å². The Balaban J connectivity index is 2.02. The van der Waals surface area contributed by atoms with Gasteiger partial charge >= 0.3 is 5.69 Å². The summed E-state index contributed by atoms with van der Waals surface area (Å²) in [5.41, 5.74) is 4.52. The van der Waals surface area contributed by atoms with E-state index in [4.69, 9.17) is 11.6 Å². The van der Waals surface area contributed by atoms with Crippen molar-refractivity contribution >= 4 is 17.4 Å². The van der Waals surface area contributed by atoms with E-state index in [-0.39, 0.29) is 11.1 Å².